The lowest BCUT2D eigenvalue weighted by Crippen LogP contribution is -2.66. The molecule has 3 aromatic rings. The number of amides is 3. The number of H-pyrrole nitrogens is 1. The first-order valence-corrected chi connectivity index (χ1v) is 12.2. The zero-order valence-electron chi connectivity index (χ0n) is 19.6. The average Bonchev–Trinajstić information content (AvgIpc) is 3.28. The van der Waals surface area contributed by atoms with Crippen molar-refractivity contribution in [3.05, 3.63) is 71.9 Å². The van der Waals surface area contributed by atoms with Gasteiger partial charge in [0.2, 0.25) is 5.91 Å². The predicted molar refractivity (Wildman–Crippen MR) is 133 cm³/mol. The minimum atomic E-state index is -0.596. The average molecular weight is 471 g/mol. The van der Waals surface area contributed by atoms with E-state index in [0.717, 1.165) is 34.9 Å². The van der Waals surface area contributed by atoms with Gasteiger partial charge in [0, 0.05) is 42.1 Å². The molecule has 4 N–H and O–H groups in total. The van der Waals surface area contributed by atoms with E-state index in [1.165, 1.54) is 4.90 Å². The van der Waals surface area contributed by atoms with Crippen molar-refractivity contribution in [2.75, 3.05) is 6.54 Å². The molecule has 2 aliphatic rings. The van der Waals surface area contributed by atoms with E-state index in [1.807, 2.05) is 60.8 Å². The van der Waals surface area contributed by atoms with E-state index >= 15 is 0 Å². The molecule has 180 valence electrons. The molecule has 0 aliphatic carbocycles. The third-order valence-electron chi connectivity index (χ3n) is 7.22. The smallest absolute Gasteiger partial charge is 0.327 e. The molecule has 0 saturated carbocycles. The molecule has 0 spiro atoms. The molecule has 3 amide bonds. The van der Waals surface area contributed by atoms with E-state index in [0.29, 0.717) is 13.0 Å². The van der Waals surface area contributed by atoms with Gasteiger partial charge in [-0.1, -0.05) is 48.5 Å². The van der Waals surface area contributed by atoms with Crippen LogP contribution in [-0.2, 0) is 17.8 Å². The summed E-state index contributed by atoms with van der Waals surface area (Å²) in [6, 6.07) is 18.2. The van der Waals surface area contributed by atoms with Crippen LogP contribution in [0.25, 0.3) is 10.9 Å². The number of aromatic amines is 1. The summed E-state index contributed by atoms with van der Waals surface area (Å²) in [5.41, 5.74) is 9.54. The first-order chi connectivity index (χ1) is 17.0. The zero-order chi connectivity index (χ0) is 24.4. The molecule has 0 bridgehead atoms. The third-order valence-corrected chi connectivity index (χ3v) is 7.22. The number of aromatic nitrogens is 1. The number of piperidine rings is 1. The van der Waals surface area contributed by atoms with Crippen LogP contribution in [0.5, 0.6) is 0 Å². The molecule has 2 fully saturated rings. The minimum absolute atomic E-state index is 0.158. The monoisotopic (exact) mass is 470 g/mol. The summed E-state index contributed by atoms with van der Waals surface area (Å²) in [7, 11) is 0. The fraction of sp³-hybridized carbons (Fsp3) is 0.370. The standard InChI is InChI=1S/C27H30N6O2/c28-15-24(21(29)13-19-16-30-22-10-5-4-9-20(19)22)31-23-11-6-12-32-25(23)14-26(34)33(27(32)35)17-18-7-2-1-3-8-18/h1-5,7-10,16,21,23-25,30-31H,6,11-14,17,29H2/t21-,23+,24+,25-/m0/s1. The summed E-state index contributed by atoms with van der Waals surface area (Å²) in [6.45, 7) is 0.884. The fourth-order valence-electron chi connectivity index (χ4n) is 5.37. The van der Waals surface area contributed by atoms with Crippen molar-refractivity contribution in [1.29, 1.82) is 5.26 Å². The van der Waals surface area contributed by atoms with Gasteiger partial charge in [-0.05, 0) is 36.5 Å². The van der Waals surface area contributed by atoms with E-state index < -0.39 is 12.1 Å². The Morgan fingerprint density at radius 3 is 2.71 bits per heavy atom. The van der Waals surface area contributed by atoms with Crippen molar-refractivity contribution < 1.29 is 9.59 Å². The van der Waals surface area contributed by atoms with Gasteiger partial charge in [0.05, 0.1) is 18.7 Å². The van der Waals surface area contributed by atoms with Crippen molar-refractivity contribution in [3.8, 4) is 6.07 Å². The molecule has 5 rings (SSSR count). The van der Waals surface area contributed by atoms with Crippen molar-refractivity contribution >= 4 is 22.8 Å². The van der Waals surface area contributed by atoms with Crippen LogP contribution in [-0.4, -0.2) is 57.4 Å². The predicted octanol–water partition coefficient (Wildman–Crippen LogP) is 2.90. The maximum absolute atomic E-state index is 13.3. The van der Waals surface area contributed by atoms with Crippen molar-refractivity contribution in [2.45, 2.75) is 56.4 Å². The van der Waals surface area contributed by atoms with Gasteiger partial charge in [0.1, 0.15) is 6.04 Å². The Morgan fingerprint density at radius 2 is 1.91 bits per heavy atom. The summed E-state index contributed by atoms with van der Waals surface area (Å²) < 4.78 is 0. The molecular weight excluding hydrogens is 440 g/mol. The Labute approximate surface area is 204 Å². The number of urea groups is 1. The molecule has 8 nitrogen and oxygen atoms in total. The second-order valence-electron chi connectivity index (χ2n) is 9.46. The molecule has 0 unspecified atom stereocenters. The molecule has 4 atom stereocenters. The number of fused-ring (bicyclic) bond motifs is 2. The van der Waals surface area contributed by atoms with E-state index in [4.69, 9.17) is 5.73 Å². The van der Waals surface area contributed by atoms with Crippen molar-refractivity contribution in [3.63, 3.8) is 0 Å². The van der Waals surface area contributed by atoms with Gasteiger partial charge in [0.25, 0.3) is 0 Å². The maximum atomic E-state index is 13.3. The first kappa shape index (κ1) is 23.1. The van der Waals surface area contributed by atoms with Crippen LogP contribution < -0.4 is 11.1 Å². The second kappa shape index (κ2) is 9.90. The second-order valence-corrected chi connectivity index (χ2v) is 9.46. The molecule has 3 heterocycles. The Balaban J connectivity index is 1.27. The van der Waals surface area contributed by atoms with Gasteiger partial charge in [-0.15, -0.1) is 0 Å². The number of nitrogens with two attached hydrogens (primary N) is 1. The Kier molecular flexibility index (Phi) is 6.53. The zero-order valence-corrected chi connectivity index (χ0v) is 19.6. The third kappa shape index (κ3) is 4.65. The SMILES string of the molecule is N#C[C@@H](N[C@@H]1CCCN2C(=O)N(Cc3ccccc3)C(=O)C[C@@H]12)[C@@H](N)Cc1c[nH]c2ccccc12. The van der Waals surface area contributed by atoms with Crippen LogP contribution in [0, 0.1) is 11.3 Å². The lowest BCUT2D eigenvalue weighted by molar-refractivity contribution is -0.134. The lowest BCUT2D eigenvalue weighted by atomic mass is 9.90. The van der Waals surface area contributed by atoms with Crippen LogP contribution in [0.15, 0.2) is 60.8 Å². The minimum Gasteiger partial charge on any atom is -0.361 e. The number of hydrogen-bond donors (Lipinski definition) is 3. The van der Waals surface area contributed by atoms with Crippen molar-refractivity contribution in [1.82, 2.24) is 20.1 Å². The van der Waals surface area contributed by atoms with Crippen LogP contribution in [0.4, 0.5) is 4.79 Å². The van der Waals surface area contributed by atoms with E-state index in [9.17, 15) is 14.9 Å². The molecule has 35 heavy (non-hydrogen) atoms. The van der Waals surface area contributed by atoms with Gasteiger partial charge in [-0.25, -0.2) is 4.79 Å². The van der Waals surface area contributed by atoms with Crippen LogP contribution in [0.2, 0.25) is 0 Å². The maximum Gasteiger partial charge on any atom is 0.327 e. The number of carbonyl (C=O) groups is 2. The number of para-hydroxylation sites is 1. The fourth-order valence-corrected chi connectivity index (χ4v) is 5.37. The number of imide groups is 1. The van der Waals surface area contributed by atoms with Gasteiger partial charge in [-0.3, -0.25) is 15.0 Å². The molecule has 2 saturated heterocycles. The molecular formula is C27H30N6O2. The summed E-state index contributed by atoms with van der Waals surface area (Å²) in [6.07, 6.45) is 4.33. The summed E-state index contributed by atoms with van der Waals surface area (Å²) in [5, 5.41) is 14.4. The summed E-state index contributed by atoms with van der Waals surface area (Å²) >= 11 is 0. The number of nitriles is 1. The highest BCUT2D eigenvalue weighted by Gasteiger charge is 2.44. The highest BCUT2D eigenvalue weighted by Crippen LogP contribution is 2.28. The molecule has 8 heteroatoms. The molecule has 2 aliphatic heterocycles. The summed E-state index contributed by atoms with van der Waals surface area (Å²) in [4.78, 5) is 32.6. The van der Waals surface area contributed by atoms with Crippen LogP contribution >= 0.6 is 0 Å². The normalized spacial score (nSPS) is 22.1. The number of rotatable bonds is 7. The van der Waals surface area contributed by atoms with E-state index in [2.05, 4.69) is 16.4 Å². The Morgan fingerprint density at radius 1 is 1.14 bits per heavy atom. The molecule has 0 radical (unpaired) electrons. The van der Waals surface area contributed by atoms with Gasteiger partial charge in [0.15, 0.2) is 0 Å². The number of nitrogens with zero attached hydrogens (tertiary/aromatic N) is 3. The van der Waals surface area contributed by atoms with Crippen molar-refractivity contribution in [2.24, 2.45) is 5.73 Å². The molecule has 2 aromatic carbocycles. The van der Waals surface area contributed by atoms with Gasteiger partial charge < -0.3 is 15.6 Å². The quantitative estimate of drug-likeness (QED) is 0.491. The number of benzene rings is 2. The van der Waals surface area contributed by atoms with Crippen LogP contribution in [0.3, 0.4) is 0 Å². The number of carbonyl (C=O) groups excluding carboxylic acids is 2. The lowest BCUT2D eigenvalue weighted by Gasteiger charge is -2.47. The van der Waals surface area contributed by atoms with E-state index in [-0.39, 0.29) is 37.0 Å². The highest BCUT2D eigenvalue weighted by atomic mass is 16.2. The van der Waals surface area contributed by atoms with Gasteiger partial charge in [-0.2, -0.15) is 5.26 Å². The van der Waals surface area contributed by atoms with Crippen LogP contribution in [0.1, 0.15) is 30.4 Å². The highest BCUT2D eigenvalue weighted by molar-refractivity contribution is 5.97. The Bertz CT molecular complexity index is 1250. The number of nitrogens with one attached hydrogen (secondary N) is 2. The summed E-state index contributed by atoms with van der Waals surface area (Å²) in [5.74, 6) is -0.176. The Hall–Kier alpha value is -3.67. The first-order valence-electron chi connectivity index (χ1n) is 12.2. The largest absolute Gasteiger partial charge is 0.361 e. The topological polar surface area (TPSA) is 118 Å². The molecule has 1 aromatic heterocycles. The number of hydrogen-bond acceptors (Lipinski definition) is 5. The van der Waals surface area contributed by atoms with Gasteiger partial charge >= 0.3 is 6.03 Å². The van der Waals surface area contributed by atoms with E-state index in [1.54, 1.807) is 4.90 Å².